The summed E-state index contributed by atoms with van der Waals surface area (Å²) in [5.74, 6) is 0.716. The second-order valence-electron chi connectivity index (χ2n) is 4.02. The normalized spacial score (nSPS) is 15.1. The summed E-state index contributed by atoms with van der Waals surface area (Å²) in [6.45, 7) is 4.43. The molecule has 0 aromatic heterocycles. The van der Waals surface area contributed by atoms with Gasteiger partial charge in [-0.15, -0.1) is 0 Å². The molecule has 1 rings (SSSR count). The average Bonchev–Trinajstić information content (AvgIpc) is 2.26. The van der Waals surface area contributed by atoms with Crippen LogP contribution in [0.2, 0.25) is 0 Å². The average molecular weight is 192 g/mol. The fourth-order valence-electron chi connectivity index (χ4n) is 1.49. The fraction of sp³-hybridized carbons (Fsp3) is 0.538. The Hall–Kier alpha value is -0.820. The lowest BCUT2D eigenvalue weighted by atomic mass is 9.97. The van der Waals surface area contributed by atoms with Crippen molar-refractivity contribution >= 4 is 0 Å². The third-order valence-electron chi connectivity index (χ3n) is 2.81. The Kier molecular flexibility index (Phi) is 4.68. The lowest BCUT2D eigenvalue weighted by Gasteiger charge is -2.13. The zero-order chi connectivity index (χ0) is 10.4. The molecule has 2 atom stereocenters. The van der Waals surface area contributed by atoms with Crippen molar-refractivity contribution in [2.24, 2.45) is 5.92 Å². The molecule has 1 heteroatoms. The number of hydrogen-bond acceptors (Lipinski definition) is 1. The largest absolute Gasteiger partial charge is 0.388 e. The van der Waals surface area contributed by atoms with Crippen LogP contribution in [0.1, 0.15) is 44.8 Å². The molecule has 0 aliphatic carbocycles. The van der Waals surface area contributed by atoms with E-state index in [0.717, 1.165) is 18.4 Å². The Morgan fingerprint density at radius 2 is 1.79 bits per heavy atom. The van der Waals surface area contributed by atoms with Crippen molar-refractivity contribution < 1.29 is 5.11 Å². The molecule has 14 heavy (non-hydrogen) atoms. The van der Waals surface area contributed by atoms with Crippen LogP contribution >= 0.6 is 0 Å². The molecule has 2 unspecified atom stereocenters. The van der Waals surface area contributed by atoms with Crippen molar-refractivity contribution in [2.45, 2.75) is 39.2 Å². The highest BCUT2D eigenvalue weighted by molar-refractivity contribution is 5.16. The van der Waals surface area contributed by atoms with Crippen LogP contribution in [0.15, 0.2) is 30.3 Å². The Morgan fingerprint density at radius 1 is 1.14 bits per heavy atom. The van der Waals surface area contributed by atoms with Crippen LogP contribution in [-0.4, -0.2) is 5.11 Å². The highest BCUT2D eigenvalue weighted by Crippen LogP contribution is 2.21. The quantitative estimate of drug-likeness (QED) is 0.756. The summed E-state index contributed by atoms with van der Waals surface area (Å²) in [4.78, 5) is 0. The van der Waals surface area contributed by atoms with Crippen LogP contribution < -0.4 is 0 Å². The van der Waals surface area contributed by atoms with Crippen molar-refractivity contribution in [3.8, 4) is 0 Å². The Bertz CT molecular complexity index is 243. The topological polar surface area (TPSA) is 20.2 Å². The van der Waals surface area contributed by atoms with Crippen molar-refractivity contribution in [2.75, 3.05) is 0 Å². The fourth-order valence-corrected chi connectivity index (χ4v) is 1.49. The number of aliphatic hydroxyl groups excluding tert-OH is 1. The van der Waals surface area contributed by atoms with Crippen LogP contribution in [0.4, 0.5) is 0 Å². The molecule has 0 saturated heterocycles. The summed E-state index contributed by atoms with van der Waals surface area (Å²) in [7, 11) is 0. The van der Waals surface area contributed by atoms with Crippen LogP contribution in [-0.2, 0) is 0 Å². The van der Waals surface area contributed by atoms with E-state index in [1.807, 2.05) is 30.3 Å². The van der Waals surface area contributed by atoms with Gasteiger partial charge in [0.05, 0.1) is 6.10 Å². The molecule has 1 aromatic carbocycles. The van der Waals surface area contributed by atoms with Gasteiger partial charge in [-0.1, -0.05) is 50.6 Å². The van der Waals surface area contributed by atoms with Crippen molar-refractivity contribution in [3.63, 3.8) is 0 Å². The zero-order valence-electron chi connectivity index (χ0n) is 9.11. The first-order chi connectivity index (χ1) is 6.74. The van der Waals surface area contributed by atoms with Gasteiger partial charge in [0, 0.05) is 0 Å². The van der Waals surface area contributed by atoms with Gasteiger partial charge in [-0.25, -0.2) is 0 Å². The van der Waals surface area contributed by atoms with Crippen LogP contribution in [0.5, 0.6) is 0 Å². The van der Waals surface area contributed by atoms with E-state index in [0.29, 0.717) is 5.92 Å². The van der Waals surface area contributed by atoms with E-state index < -0.39 is 0 Å². The van der Waals surface area contributed by atoms with Crippen molar-refractivity contribution in [1.82, 2.24) is 0 Å². The van der Waals surface area contributed by atoms with Crippen molar-refractivity contribution in [1.29, 1.82) is 0 Å². The summed E-state index contributed by atoms with van der Waals surface area (Å²) in [6.07, 6.45) is 2.89. The van der Waals surface area contributed by atoms with Gasteiger partial charge in [0.15, 0.2) is 0 Å². The molecule has 0 aliphatic rings. The van der Waals surface area contributed by atoms with E-state index in [1.54, 1.807) is 0 Å². The zero-order valence-corrected chi connectivity index (χ0v) is 9.11. The first-order valence-electron chi connectivity index (χ1n) is 5.47. The Labute approximate surface area is 86.8 Å². The minimum atomic E-state index is -0.287. The Morgan fingerprint density at radius 3 is 2.36 bits per heavy atom. The molecule has 0 aliphatic heterocycles. The highest BCUT2D eigenvalue weighted by atomic mass is 16.3. The van der Waals surface area contributed by atoms with Gasteiger partial charge in [-0.3, -0.25) is 0 Å². The molecule has 0 amide bonds. The van der Waals surface area contributed by atoms with Crippen LogP contribution in [0.25, 0.3) is 0 Å². The first kappa shape index (κ1) is 11.3. The van der Waals surface area contributed by atoms with E-state index in [2.05, 4.69) is 13.8 Å². The second kappa shape index (κ2) is 5.82. The number of aliphatic hydroxyl groups is 1. The molecule has 78 valence electrons. The van der Waals surface area contributed by atoms with Crippen LogP contribution in [0, 0.1) is 5.92 Å². The van der Waals surface area contributed by atoms with Gasteiger partial charge in [0.25, 0.3) is 0 Å². The lowest BCUT2D eigenvalue weighted by Crippen LogP contribution is -2.00. The molecule has 1 N–H and O–H groups in total. The van der Waals surface area contributed by atoms with Gasteiger partial charge in [0.1, 0.15) is 0 Å². The molecule has 0 spiro atoms. The first-order valence-corrected chi connectivity index (χ1v) is 5.47. The standard InChI is InChI=1S/C13H20O/c1-3-11(2)9-10-13(14)12-7-5-4-6-8-12/h4-8,11,13-14H,3,9-10H2,1-2H3. The molecule has 0 heterocycles. The smallest absolute Gasteiger partial charge is 0.0790 e. The summed E-state index contributed by atoms with van der Waals surface area (Å²) >= 11 is 0. The van der Waals surface area contributed by atoms with Gasteiger partial charge in [-0.05, 0) is 24.3 Å². The van der Waals surface area contributed by atoms with E-state index in [-0.39, 0.29) is 6.10 Å². The minimum absolute atomic E-state index is 0.287. The van der Waals surface area contributed by atoms with Crippen molar-refractivity contribution in [3.05, 3.63) is 35.9 Å². The molecule has 0 radical (unpaired) electrons. The number of rotatable bonds is 5. The van der Waals surface area contributed by atoms with Crippen LogP contribution in [0.3, 0.4) is 0 Å². The molecule has 0 bridgehead atoms. The summed E-state index contributed by atoms with van der Waals surface area (Å²) in [5, 5.41) is 9.86. The SMILES string of the molecule is CCC(C)CCC(O)c1ccccc1. The lowest BCUT2D eigenvalue weighted by molar-refractivity contribution is 0.157. The Balaban J connectivity index is 2.39. The molecular formula is C13H20O. The summed E-state index contributed by atoms with van der Waals surface area (Å²) in [5.41, 5.74) is 1.04. The van der Waals surface area contributed by atoms with E-state index in [4.69, 9.17) is 0 Å². The highest BCUT2D eigenvalue weighted by Gasteiger charge is 2.08. The predicted molar refractivity (Wildman–Crippen MR) is 60.1 cm³/mol. The van der Waals surface area contributed by atoms with E-state index in [9.17, 15) is 5.11 Å². The van der Waals surface area contributed by atoms with E-state index >= 15 is 0 Å². The molecular weight excluding hydrogens is 172 g/mol. The van der Waals surface area contributed by atoms with Gasteiger partial charge < -0.3 is 5.11 Å². The minimum Gasteiger partial charge on any atom is -0.388 e. The predicted octanol–water partition coefficient (Wildman–Crippen LogP) is 3.55. The van der Waals surface area contributed by atoms with E-state index in [1.165, 1.54) is 6.42 Å². The maximum atomic E-state index is 9.86. The van der Waals surface area contributed by atoms with Gasteiger partial charge in [0.2, 0.25) is 0 Å². The maximum Gasteiger partial charge on any atom is 0.0790 e. The summed E-state index contributed by atoms with van der Waals surface area (Å²) < 4.78 is 0. The third-order valence-corrected chi connectivity index (χ3v) is 2.81. The molecule has 0 fully saturated rings. The number of hydrogen-bond donors (Lipinski definition) is 1. The molecule has 1 nitrogen and oxygen atoms in total. The molecule has 1 aromatic rings. The number of benzene rings is 1. The maximum absolute atomic E-state index is 9.86. The summed E-state index contributed by atoms with van der Waals surface area (Å²) in [6, 6.07) is 9.90. The monoisotopic (exact) mass is 192 g/mol. The third kappa shape index (κ3) is 3.51. The molecule has 0 saturated carbocycles. The van der Waals surface area contributed by atoms with Gasteiger partial charge in [-0.2, -0.15) is 0 Å². The second-order valence-corrected chi connectivity index (χ2v) is 4.02. The van der Waals surface area contributed by atoms with Gasteiger partial charge >= 0.3 is 0 Å².